The highest BCUT2D eigenvalue weighted by atomic mass is 16.6. The van der Waals surface area contributed by atoms with Crippen molar-refractivity contribution in [2.45, 2.75) is 12.5 Å². The normalized spacial score (nSPS) is 11.2. The molecule has 0 fully saturated rings. The van der Waals surface area contributed by atoms with Crippen LogP contribution in [0, 0.1) is 10.1 Å². The predicted molar refractivity (Wildman–Crippen MR) is 61.5 cm³/mol. The molecule has 0 aliphatic heterocycles. The molecule has 1 rings (SSSR count). The number of rotatable bonds is 5. The summed E-state index contributed by atoms with van der Waals surface area (Å²) in [7, 11) is 0. The van der Waals surface area contributed by atoms with E-state index in [0.29, 0.717) is 0 Å². The zero-order valence-electron chi connectivity index (χ0n) is 9.25. The summed E-state index contributed by atoms with van der Waals surface area (Å²) in [6.45, 7) is 0.690. The molecule has 0 aromatic carbocycles. The standard InChI is InChI=1S/C9H14N4O4/c1-9(4-14,5-15)12-8-6(13(16)17)2-3-7(10)11-8/h2-3,14-15H,4-5H2,1H3,(H3,10,11,12). The molecule has 17 heavy (non-hydrogen) atoms. The van der Waals surface area contributed by atoms with E-state index in [1.165, 1.54) is 19.1 Å². The van der Waals surface area contributed by atoms with Crippen LogP contribution in [-0.4, -0.2) is 38.9 Å². The fraction of sp³-hybridized carbons (Fsp3) is 0.444. The van der Waals surface area contributed by atoms with Crippen LogP contribution in [-0.2, 0) is 0 Å². The molecule has 0 spiro atoms. The molecule has 0 atom stereocenters. The van der Waals surface area contributed by atoms with Gasteiger partial charge in [-0.15, -0.1) is 0 Å². The average molecular weight is 242 g/mol. The summed E-state index contributed by atoms with van der Waals surface area (Å²) in [5.41, 5.74) is 4.05. The minimum Gasteiger partial charge on any atom is -0.394 e. The topological polar surface area (TPSA) is 135 Å². The van der Waals surface area contributed by atoms with Gasteiger partial charge < -0.3 is 21.3 Å². The molecule has 0 bridgehead atoms. The lowest BCUT2D eigenvalue weighted by Crippen LogP contribution is -2.43. The van der Waals surface area contributed by atoms with E-state index in [0.717, 1.165) is 0 Å². The number of aliphatic hydroxyl groups is 2. The predicted octanol–water partition coefficient (Wildman–Crippen LogP) is -0.273. The van der Waals surface area contributed by atoms with Crippen LogP contribution in [0.1, 0.15) is 6.92 Å². The number of anilines is 2. The van der Waals surface area contributed by atoms with E-state index in [4.69, 9.17) is 15.9 Å². The van der Waals surface area contributed by atoms with Crippen molar-refractivity contribution in [3.05, 3.63) is 22.2 Å². The van der Waals surface area contributed by atoms with Crippen molar-refractivity contribution in [1.29, 1.82) is 0 Å². The number of hydrogen-bond donors (Lipinski definition) is 4. The van der Waals surface area contributed by atoms with Crippen molar-refractivity contribution in [3.63, 3.8) is 0 Å². The Morgan fingerprint density at radius 2 is 2.12 bits per heavy atom. The first-order chi connectivity index (χ1) is 7.91. The Balaban J connectivity index is 3.12. The molecular weight excluding hydrogens is 228 g/mol. The van der Waals surface area contributed by atoms with Crippen molar-refractivity contribution in [3.8, 4) is 0 Å². The molecule has 0 radical (unpaired) electrons. The van der Waals surface area contributed by atoms with Gasteiger partial charge >= 0.3 is 5.69 Å². The number of pyridine rings is 1. The minimum absolute atomic E-state index is 0.0828. The Labute approximate surface area is 97.2 Å². The summed E-state index contributed by atoms with van der Waals surface area (Å²) < 4.78 is 0. The summed E-state index contributed by atoms with van der Waals surface area (Å²) in [6.07, 6.45) is 0. The molecule has 8 heteroatoms. The quantitative estimate of drug-likeness (QED) is 0.412. The Bertz CT molecular complexity index is 419. The maximum atomic E-state index is 10.8. The van der Waals surface area contributed by atoms with E-state index < -0.39 is 23.7 Å². The second-order valence-electron chi connectivity index (χ2n) is 3.86. The summed E-state index contributed by atoms with van der Waals surface area (Å²) in [4.78, 5) is 13.9. The van der Waals surface area contributed by atoms with Crippen LogP contribution in [0.15, 0.2) is 12.1 Å². The average Bonchev–Trinajstić information content (AvgIpc) is 2.28. The van der Waals surface area contributed by atoms with E-state index in [2.05, 4.69) is 10.3 Å². The molecule has 5 N–H and O–H groups in total. The van der Waals surface area contributed by atoms with Crippen molar-refractivity contribution in [2.75, 3.05) is 24.3 Å². The molecule has 0 aliphatic carbocycles. The number of nitrogen functional groups attached to an aromatic ring is 1. The van der Waals surface area contributed by atoms with Crippen LogP contribution >= 0.6 is 0 Å². The van der Waals surface area contributed by atoms with Gasteiger partial charge in [-0.2, -0.15) is 0 Å². The first-order valence-electron chi connectivity index (χ1n) is 4.82. The van der Waals surface area contributed by atoms with Crippen molar-refractivity contribution >= 4 is 17.3 Å². The highest BCUT2D eigenvalue weighted by Gasteiger charge is 2.27. The minimum atomic E-state index is -1.11. The lowest BCUT2D eigenvalue weighted by molar-refractivity contribution is -0.384. The number of nitrogens with one attached hydrogen (secondary N) is 1. The van der Waals surface area contributed by atoms with E-state index >= 15 is 0 Å². The smallest absolute Gasteiger partial charge is 0.311 e. The molecule has 0 amide bonds. The van der Waals surface area contributed by atoms with Gasteiger partial charge in [0.2, 0.25) is 5.82 Å². The highest BCUT2D eigenvalue weighted by Crippen LogP contribution is 2.25. The third kappa shape index (κ3) is 3.02. The summed E-state index contributed by atoms with van der Waals surface area (Å²) in [5.74, 6) is 0.0249. The molecule has 1 aromatic heterocycles. The van der Waals surface area contributed by atoms with Gasteiger partial charge in [-0.05, 0) is 13.0 Å². The van der Waals surface area contributed by atoms with Crippen molar-refractivity contribution in [1.82, 2.24) is 4.98 Å². The third-order valence-corrected chi connectivity index (χ3v) is 2.21. The van der Waals surface area contributed by atoms with Crippen LogP contribution in [0.5, 0.6) is 0 Å². The summed E-state index contributed by atoms with van der Waals surface area (Å²) >= 11 is 0. The number of aromatic nitrogens is 1. The number of hydrogen-bond acceptors (Lipinski definition) is 7. The Morgan fingerprint density at radius 3 is 2.59 bits per heavy atom. The lowest BCUT2D eigenvalue weighted by atomic mass is 10.1. The molecule has 0 saturated heterocycles. The van der Waals surface area contributed by atoms with E-state index in [1.807, 2.05) is 0 Å². The van der Waals surface area contributed by atoms with Crippen LogP contribution < -0.4 is 11.1 Å². The molecule has 94 valence electrons. The van der Waals surface area contributed by atoms with Crippen LogP contribution in [0.3, 0.4) is 0 Å². The SMILES string of the molecule is CC(CO)(CO)Nc1nc(N)ccc1[N+](=O)[O-]. The van der Waals surface area contributed by atoms with Crippen LogP contribution in [0.4, 0.5) is 17.3 Å². The molecule has 1 heterocycles. The monoisotopic (exact) mass is 242 g/mol. The maximum Gasteiger partial charge on any atom is 0.311 e. The van der Waals surface area contributed by atoms with Gasteiger partial charge in [0.25, 0.3) is 0 Å². The summed E-state index contributed by atoms with van der Waals surface area (Å²) in [5, 5.41) is 31.6. The number of nitro groups is 1. The van der Waals surface area contributed by atoms with Crippen molar-refractivity contribution in [2.24, 2.45) is 0 Å². The van der Waals surface area contributed by atoms with Gasteiger partial charge in [0, 0.05) is 6.07 Å². The van der Waals surface area contributed by atoms with Gasteiger partial charge in [0.05, 0.1) is 23.7 Å². The van der Waals surface area contributed by atoms with Crippen molar-refractivity contribution < 1.29 is 15.1 Å². The maximum absolute atomic E-state index is 10.8. The summed E-state index contributed by atoms with van der Waals surface area (Å²) in [6, 6.07) is 2.51. The number of nitrogens with two attached hydrogens (primary N) is 1. The zero-order valence-corrected chi connectivity index (χ0v) is 9.25. The zero-order chi connectivity index (χ0) is 13.1. The number of aliphatic hydroxyl groups excluding tert-OH is 2. The Hall–Kier alpha value is -1.93. The second-order valence-corrected chi connectivity index (χ2v) is 3.86. The van der Waals surface area contributed by atoms with Gasteiger partial charge in [0.15, 0.2) is 0 Å². The molecule has 0 aliphatic rings. The van der Waals surface area contributed by atoms with Crippen LogP contribution in [0.2, 0.25) is 0 Å². The molecule has 8 nitrogen and oxygen atoms in total. The van der Waals surface area contributed by atoms with Gasteiger partial charge in [-0.3, -0.25) is 10.1 Å². The van der Waals surface area contributed by atoms with Gasteiger partial charge in [-0.25, -0.2) is 4.98 Å². The highest BCUT2D eigenvalue weighted by molar-refractivity contribution is 5.60. The molecule has 1 aromatic rings. The first-order valence-corrected chi connectivity index (χ1v) is 4.82. The van der Waals surface area contributed by atoms with E-state index in [-0.39, 0.29) is 17.3 Å². The molecular formula is C9H14N4O4. The van der Waals surface area contributed by atoms with E-state index in [9.17, 15) is 10.1 Å². The fourth-order valence-corrected chi connectivity index (χ4v) is 1.12. The largest absolute Gasteiger partial charge is 0.394 e. The molecule has 0 unspecified atom stereocenters. The van der Waals surface area contributed by atoms with Gasteiger partial charge in [0.1, 0.15) is 5.82 Å². The fourth-order valence-electron chi connectivity index (χ4n) is 1.12. The Kier molecular flexibility index (Phi) is 3.81. The Morgan fingerprint density at radius 1 is 1.53 bits per heavy atom. The molecule has 0 saturated carbocycles. The third-order valence-electron chi connectivity index (χ3n) is 2.21. The number of nitrogens with zero attached hydrogens (tertiary/aromatic N) is 2. The second kappa shape index (κ2) is 4.93. The van der Waals surface area contributed by atoms with Crippen LogP contribution in [0.25, 0.3) is 0 Å². The first kappa shape index (κ1) is 13.1. The van der Waals surface area contributed by atoms with E-state index in [1.54, 1.807) is 0 Å². The van der Waals surface area contributed by atoms with Gasteiger partial charge in [-0.1, -0.05) is 0 Å². The lowest BCUT2D eigenvalue weighted by Gasteiger charge is -2.26.